The van der Waals surface area contributed by atoms with Gasteiger partial charge in [-0.1, -0.05) is 0 Å². The number of halogens is 3. The van der Waals surface area contributed by atoms with Crippen molar-refractivity contribution in [3.63, 3.8) is 0 Å². The van der Waals surface area contributed by atoms with Gasteiger partial charge < -0.3 is 33.2 Å². The molecule has 0 saturated carbocycles. The van der Waals surface area contributed by atoms with Gasteiger partial charge in [0.05, 0.1) is 72.7 Å². The number of ether oxygens (including phenoxy) is 7. The smallest absolute Gasteiger partial charge is 0.457 e. The maximum absolute atomic E-state index is 11.8. The van der Waals surface area contributed by atoms with Crippen molar-refractivity contribution in [2.75, 3.05) is 86.4 Å². The van der Waals surface area contributed by atoms with E-state index in [0.29, 0.717) is 52.9 Å². The molecule has 26 heavy (non-hydrogen) atoms. The van der Waals surface area contributed by atoms with Crippen molar-refractivity contribution in [3.8, 4) is 0 Å². The molecule has 0 fully saturated rings. The molecule has 0 aromatic rings. The first-order chi connectivity index (χ1) is 12.5. The Morgan fingerprint density at radius 2 is 0.923 bits per heavy atom. The number of methoxy groups -OCH3 is 1. The van der Waals surface area contributed by atoms with Crippen LogP contribution in [0.3, 0.4) is 0 Å². The van der Waals surface area contributed by atoms with Gasteiger partial charge in [-0.25, -0.2) is 4.79 Å². The van der Waals surface area contributed by atoms with Gasteiger partial charge in [0.25, 0.3) is 0 Å². The lowest BCUT2D eigenvalue weighted by molar-refractivity contribution is -0.200. The molecule has 0 spiro atoms. The van der Waals surface area contributed by atoms with Gasteiger partial charge >= 0.3 is 12.1 Å². The molecule has 0 bridgehead atoms. The molecule has 0 aliphatic rings. The van der Waals surface area contributed by atoms with E-state index in [1.807, 2.05) is 0 Å². The van der Waals surface area contributed by atoms with E-state index in [1.54, 1.807) is 7.11 Å². The second-order valence-electron chi connectivity index (χ2n) is 4.69. The molecule has 0 saturated heterocycles. The minimum Gasteiger partial charge on any atom is -0.457 e. The van der Waals surface area contributed by atoms with Crippen LogP contribution >= 0.6 is 0 Å². The molecular formula is C15H27F3O8. The van der Waals surface area contributed by atoms with Crippen LogP contribution in [0.4, 0.5) is 13.2 Å². The molecule has 156 valence electrons. The molecule has 11 heteroatoms. The van der Waals surface area contributed by atoms with Crippen molar-refractivity contribution in [3.05, 3.63) is 0 Å². The summed E-state index contributed by atoms with van der Waals surface area (Å²) in [6.07, 6.45) is -4.98. The highest BCUT2D eigenvalue weighted by Crippen LogP contribution is 2.16. The van der Waals surface area contributed by atoms with Crippen LogP contribution in [-0.2, 0) is 38.0 Å². The van der Waals surface area contributed by atoms with E-state index >= 15 is 0 Å². The molecule has 0 N–H and O–H groups in total. The highest BCUT2D eigenvalue weighted by atomic mass is 19.4. The highest BCUT2D eigenvalue weighted by Gasteiger charge is 2.40. The number of rotatable bonds is 18. The van der Waals surface area contributed by atoms with Crippen LogP contribution in [0.25, 0.3) is 0 Å². The average Bonchev–Trinajstić information content (AvgIpc) is 2.59. The van der Waals surface area contributed by atoms with Crippen LogP contribution in [0, 0.1) is 0 Å². The van der Waals surface area contributed by atoms with Crippen LogP contribution < -0.4 is 0 Å². The van der Waals surface area contributed by atoms with Crippen molar-refractivity contribution >= 4 is 5.97 Å². The molecular weight excluding hydrogens is 365 g/mol. The lowest BCUT2D eigenvalue weighted by Gasteiger charge is -2.09. The third-order valence-electron chi connectivity index (χ3n) is 2.61. The van der Waals surface area contributed by atoms with Crippen LogP contribution in [-0.4, -0.2) is 98.5 Å². The van der Waals surface area contributed by atoms with Crippen molar-refractivity contribution in [1.82, 2.24) is 0 Å². The van der Waals surface area contributed by atoms with Crippen molar-refractivity contribution in [2.45, 2.75) is 6.18 Å². The number of esters is 1. The van der Waals surface area contributed by atoms with E-state index in [-0.39, 0.29) is 19.8 Å². The summed E-state index contributed by atoms with van der Waals surface area (Å²) in [7, 11) is 1.61. The Morgan fingerprint density at radius 1 is 0.615 bits per heavy atom. The quantitative estimate of drug-likeness (QED) is 0.251. The van der Waals surface area contributed by atoms with E-state index in [0.717, 1.165) is 0 Å². The standard InChI is InChI=1S/C15H27F3O8/c1-20-2-3-21-4-5-22-6-7-23-8-9-24-10-11-25-12-13-26-14(19)15(16,17)18/h2-13H2,1H3. The zero-order chi connectivity index (χ0) is 19.5. The van der Waals surface area contributed by atoms with Gasteiger partial charge in [-0.05, 0) is 0 Å². The molecule has 0 atom stereocenters. The summed E-state index contributed by atoms with van der Waals surface area (Å²) < 4.78 is 70.1. The Hall–Kier alpha value is -0.980. The number of carbonyl (C=O) groups excluding carboxylic acids is 1. The second-order valence-corrected chi connectivity index (χ2v) is 4.69. The van der Waals surface area contributed by atoms with Crippen molar-refractivity contribution in [1.29, 1.82) is 0 Å². The fourth-order valence-electron chi connectivity index (χ4n) is 1.40. The fraction of sp³-hybridized carbons (Fsp3) is 0.933. The summed E-state index contributed by atoms with van der Waals surface area (Å²) in [6.45, 7) is 3.55. The predicted molar refractivity (Wildman–Crippen MR) is 83.0 cm³/mol. The van der Waals surface area contributed by atoms with Gasteiger partial charge in [0.15, 0.2) is 0 Å². The third kappa shape index (κ3) is 17.8. The summed E-state index contributed by atoms with van der Waals surface area (Å²) in [6, 6.07) is 0. The molecule has 0 radical (unpaired) electrons. The predicted octanol–water partition coefficient (Wildman–Crippen LogP) is 0.821. The number of alkyl halides is 3. The maximum Gasteiger partial charge on any atom is 0.490 e. The number of hydrogen-bond donors (Lipinski definition) is 0. The SMILES string of the molecule is COCCOCCOCCOCCOCCOCCOC(=O)C(F)(F)F. The van der Waals surface area contributed by atoms with E-state index in [9.17, 15) is 18.0 Å². The molecule has 0 aromatic carbocycles. The fourth-order valence-corrected chi connectivity index (χ4v) is 1.40. The van der Waals surface area contributed by atoms with E-state index in [2.05, 4.69) is 4.74 Å². The van der Waals surface area contributed by atoms with Gasteiger partial charge in [0, 0.05) is 7.11 Å². The van der Waals surface area contributed by atoms with Crippen molar-refractivity contribution in [2.24, 2.45) is 0 Å². The topological polar surface area (TPSA) is 81.7 Å². The summed E-state index contributed by atoms with van der Waals surface area (Å²) in [5.41, 5.74) is 0. The molecule has 0 heterocycles. The average molecular weight is 392 g/mol. The second kappa shape index (κ2) is 17.4. The Balaban J connectivity index is 3.10. The summed E-state index contributed by atoms with van der Waals surface area (Å²) >= 11 is 0. The number of hydrogen-bond acceptors (Lipinski definition) is 8. The largest absolute Gasteiger partial charge is 0.490 e. The lowest BCUT2D eigenvalue weighted by atomic mass is 10.6. The van der Waals surface area contributed by atoms with Gasteiger partial charge in [-0.2, -0.15) is 13.2 Å². The summed E-state index contributed by atoms with van der Waals surface area (Å²) in [5, 5.41) is 0. The summed E-state index contributed by atoms with van der Waals surface area (Å²) in [5.74, 6) is -2.22. The van der Waals surface area contributed by atoms with Crippen LogP contribution in [0.1, 0.15) is 0 Å². The van der Waals surface area contributed by atoms with Gasteiger partial charge in [-0.3, -0.25) is 0 Å². The van der Waals surface area contributed by atoms with E-state index in [4.69, 9.17) is 28.4 Å². The normalized spacial score (nSPS) is 11.7. The van der Waals surface area contributed by atoms with Crippen LogP contribution in [0.2, 0.25) is 0 Å². The number of carbonyl (C=O) groups is 1. The molecule has 0 rings (SSSR count). The Bertz CT molecular complexity index is 329. The van der Waals surface area contributed by atoms with Crippen LogP contribution in [0.15, 0.2) is 0 Å². The maximum atomic E-state index is 11.8. The van der Waals surface area contributed by atoms with E-state index in [1.165, 1.54) is 0 Å². The first kappa shape index (κ1) is 25.0. The Kier molecular flexibility index (Phi) is 16.8. The van der Waals surface area contributed by atoms with Crippen LogP contribution in [0.5, 0.6) is 0 Å². The zero-order valence-electron chi connectivity index (χ0n) is 14.9. The molecule has 0 aliphatic carbocycles. The molecule has 0 aliphatic heterocycles. The summed E-state index contributed by atoms with van der Waals surface area (Å²) in [4.78, 5) is 10.4. The minimum atomic E-state index is -4.98. The van der Waals surface area contributed by atoms with Crippen molar-refractivity contribution < 1.29 is 51.1 Å². The zero-order valence-corrected chi connectivity index (χ0v) is 14.9. The third-order valence-corrected chi connectivity index (χ3v) is 2.61. The first-order valence-electron chi connectivity index (χ1n) is 8.10. The van der Waals surface area contributed by atoms with Gasteiger partial charge in [0.1, 0.15) is 6.61 Å². The van der Waals surface area contributed by atoms with Gasteiger partial charge in [0.2, 0.25) is 0 Å². The molecule has 0 amide bonds. The Labute approximate surface area is 150 Å². The monoisotopic (exact) mass is 392 g/mol. The molecule has 0 aromatic heterocycles. The first-order valence-corrected chi connectivity index (χ1v) is 8.10. The lowest BCUT2D eigenvalue weighted by Crippen LogP contribution is -2.26. The highest BCUT2D eigenvalue weighted by molar-refractivity contribution is 5.75. The Morgan fingerprint density at radius 3 is 1.23 bits per heavy atom. The van der Waals surface area contributed by atoms with Gasteiger partial charge in [-0.15, -0.1) is 0 Å². The van der Waals surface area contributed by atoms with E-state index < -0.39 is 18.8 Å². The molecule has 8 nitrogen and oxygen atoms in total. The molecule has 0 unspecified atom stereocenters. The minimum absolute atomic E-state index is 0.131.